The average Bonchev–Trinajstić information content (AvgIpc) is 2.61. The number of carbonyl (C=O) groups is 1. The molecule has 1 saturated carbocycles. The van der Waals surface area contributed by atoms with E-state index >= 15 is 0 Å². The quantitative estimate of drug-likeness (QED) is 0.783. The third-order valence-corrected chi connectivity index (χ3v) is 4.46. The summed E-state index contributed by atoms with van der Waals surface area (Å²) in [5.74, 6) is 0.432. The minimum atomic E-state index is -0.612. The Labute approximate surface area is 97.8 Å². The molecule has 0 aromatic heterocycles. The van der Waals surface area contributed by atoms with Crippen LogP contribution < -0.4 is 0 Å². The number of aliphatic carboxylic acids is 1. The van der Waals surface area contributed by atoms with Crippen molar-refractivity contribution in [2.45, 2.75) is 45.6 Å². The molecule has 2 atom stereocenters. The van der Waals surface area contributed by atoms with Gasteiger partial charge in [-0.25, -0.2) is 0 Å². The van der Waals surface area contributed by atoms with Gasteiger partial charge in [0.1, 0.15) is 0 Å². The van der Waals surface area contributed by atoms with Gasteiger partial charge >= 0.3 is 5.97 Å². The molecule has 0 spiro atoms. The molecule has 2 fully saturated rings. The number of hydrogen-bond donors (Lipinski definition) is 1. The number of carboxylic acid groups (broad SMARTS) is 1. The highest BCUT2D eigenvalue weighted by Crippen LogP contribution is 2.32. The molecule has 1 aliphatic carbocycles. The van der Waals surface area contributed by atoms with Crippen LogP contribution in [0.2, 0.25) is 0 Å². The third kappa shape index (κ3) is 2.40. The molecule has 0 radical (unpaired) electrons. The zero-order chi connectivity index (χ0) is 11.7. The fourth-order valence-corrected chi connectivity index (χ4v) is 3.23. The summed E-state index contributed by atoms with van der Waals surface area (Å²) in [6, 6.07) is 0.656. The lowest BCUT2D eigenvalue weighted by atomic mass is 9.87. The molecule has 0 bridgehead atoms. The molecular formula is C13H23NO2. The van der Waals surface area contributed by atoms with Crippen LogP contribution in [0.3, 0.4) is 0 Å². The molecule has 1 saturated heterocycles. The standard InChI is InChI=1S/C13H23NO2/c1-9-3-5-11(6-4-9)14-7-10(2)12(8-14)13(15)16/h9-12H,3-8H2,1-2H3,(H,15,16)/t9?,10-,11?,12-/m1/s1. The molecule has 0 amide bonds. The monoisotopic (exact) mass is 225 g/mol. The Morgan fingerprint density at radius 2 is 1.75 bits per heavy atom. The van der Waals surface area contributed by atoms with Crippen molar-refractivity contribution in [3.8, 4) is 0 Å². The van der Waals surface area contributed by atoms with E-state index in [1.54, 1.807) is 0 Å². The number of rotatable bonds is 2. The van der Waals surface area contributed by atoms with Gasteiger partial charge < -0.3 is 5.11 Å². The van der Waals surface area contributed by atoms with Crippen LogP contribution in [0.1, 0.15) is 39.5 Å². The number of likely N-dealkylation sites (tertiary alicyclic amines) is 1. The lowest BCUT2D eigenvalue weighted by Crippen LogP contribution is -2.36. The largest absolute Gasteiger partial charge is 0.481 e. The predicted octanol–water partition coefficient (Wildman–Crippen LogP) is 2.22. The lowest BCUT2D eigenvalue weighted by molar-refractivity contribution is -0.142. The van der Waals surface area contributed by atoms with Crippen molar-refractivity contribution >= 4 is 5.97 Å². The van der Waals surface area contributed by atoms with Crippen molar-refractivity contribution in [2.75, 3.05) is 13.1 Å². The maximum absolute atomic E-state index is 11.1. The van der Waals surface area contributed by atoms with Crippen molar-refractivity contribution in [1.29, 1.82) is 0 Å². The highest BCUT2D eigenvalue weighted by molar-refractivity contribution is 5.71. The first-order chi connectivity index (χ1) is 7.58. The first-order valence-corrected chi connectivity index (χ1v) is 6.54. The molecule has 2 rings (SSSR count). The Hall–Kier alpha value is -0.570. The summed E-state index contributed by atoms with van der Waals surface area (Å²) in [4.78, 5) is 13.5. The highest BCUT2D eigenvalue weighted by Gasteiger charge is 2.38. The van der Waals surface area contributed by atoms with Gasteiger partial charge in [0.15, 0.2) is 0 Å². The third-order valence-electron chi connectivity index (χ3n) is 4.46. The van der Waals surface area contributed by atoms with Gasteiger partial charge in [0.05, 0.1) is 5.92 Å². The van der Waals surface area contributed by atoms with Crippen molar-refractivity contribution < 1.29 is 9.90 Å². The van der Waals surface area contributed by atoms with Crippen LogP contribution in [0.25, 0.3) is 0 Å². The summed E-state index contributed by atoms with van der Waals surface area (Å²) >= 11 is 0. The average molecular weight is 225 g/mol. The molecule has 2 aliphatic rings. The predicted molar refractivity (Wildman–Crippen MR) is 63.3 cm³/mol. The van der Waals surface area contributed by atoms with Gasteiger partial charge in [0, 0.05) is 19.1 Å². The van der Waals surface area contributed by atoms with E-state index in [0.717, 1.165) is 19.0 Å². The molecule has 3 heteroatoms. The molecule has 92 valence electrons. The molecule has 1 N–H and O–H groups in total. The Morgan fingerprint density at radius 1 is 1.12 bits per heavy atom. The fourth-order valence-electron chi connectivity index (χ4n) is 3.23. The molecule has 0 aromatic carbocycles. The Morgan fingerprint density at radius 3 is 2.25 bits per heavy atom. The summed E-state index contributed by atoms with van der Waals surface area (Å²) in [5.41, 5.74) is 0. The minimum Gasteiger partial charge on any atom is -0.481 e. The van der Waals surface area contributed by atoms with Gasteiger partial charge in [-0.1, -0.05) is 13.8 Å². The van der Waals surface area contributed by atoms with Crippen LogP contribution in [0.5, 0.6) is 0 Å². The van der Waals surface area contributed by atoms with E-state index < -0.39 is 5.97 Å². The summed E-state index contributed by atoms with van der Waals surface area (Å²) in [6.45, 7) is 6.15. The van der Waals surface area contributed by atoms with Gasteiger partial charge in [0.2, 0.25) is 0 Å². The SMILES string of the molecule is CC1CCC(N2C[C@@H](C)[C@H](C(=O)O)C2)CC1. The summed E-state index contributed by atoms with van der Waals surface area (Å²) < 4.78 is 0. The number of hydrogen-bond acceptors (Lipinski definition) is 2. The van der Waals surface area contributed by atoms with Gasteiger partial charge in [0.25, 0.3) is 0 Å². The van der Waals surface area contributed by atoms with Crippen molar-refractivity contribution in [2.24, 2.45) is 17.8 Å². The van der Waals surface area contributed by atoms with Crippen LogP contribution in [0.4, 0.5) is 0 Å². The topological polar surface area (TPSA) is 40.5 Å². The molecule has 16 heavy (non-hydrogen) atoms. The molecule has 1 aliphatic heterocycles. The normalized spacial score (nSPS) is 41.1. The Balaban J connectivity index is 1.90. The Kier molecular flexibility index (Phi) is 3.53. The van der Waals surface area contributed by atoms with Crippen LogP contribution >= 0.6 is 0 Å². The molecule has 0 unspecified atom stereocenters. The van der Waals surface area contributed by atoms with Crippen LogP contribution in [-0.4, -0.2) is 35.1 Å². The van der Waals surface area contributed by atoms with Gasteiger partial charge in [-0.3, -0.25) is 9.69 Å². The second kappa shape index (κ2) is 4.74. The van der Waals surface area contributed by atoms with E-state index in [9.17, 15) is 4.79 Å². The van der Waals surface area contributed by atoms with Crippen molar-refractivity contribution in [1.82, 2.24) is 4.90 Å². The van der Waals surface area contributed by atoms with E-state index in [1.807, 2.05) is 0 Å². The van der Waals surface area contributed by atoms with Gasteiger partial charge in [-0.05, 0) is 37.5 Å². The van der Waals surface area contributed by atoms with E-state index in [0.29, 0.717) is 12.0 Å². The van der Waals surface area contributed by atoms with E-state index in [2.05, 4.69) is 18.7 Å². The zero-order valence-electron chi connectivity index (χ0n) is 10.4. The van der Waals surface area contributed by atoms with E-state index in [-0.39, 0.29) is 5.92 Å². The van der Waals surface area contributed by atoms with E-state index in [1.165, 1.54) is 25.7 Å². The van der Waals surface area contributed by atoms with Crippen molar-refractivity contribution in [3.05, 3.63) is 0 Å². The molecule has 0 aromatic rings. The summed E-state index contributed by atoms with van der Waals surface area (Å²) in [6.07, 6.45) is 5.15. The highest BCUT2D eigenvalue weighted by atomic mass is 16.4. The summed E-state index contributed by atoms with van der Waals surface area (Å²) in [7, 11) is 0. The second-order valence-corrected chi connectivity index (χ2v) is 5.79. The second-order valence-electron chi connectivity index (χ2n) is 5.79. The first kappa shape index (κ1) is 11.9. The molecular weight excluding hydrogens is 202 g/mol. The van der Waals surface area contributed by atoms with E-state index in [4.69, 9.17) is 5.11 Å². The fraction of sp³-hybridized carbons (Fsp3) is 0.923. The maximum Gasteiger partial charge on any atom is 0.308 e. The summed E-state index contributed by atoms with van der Waals surface area (Å²) in [5, 5.41) is 9.12. The minimum absolute atomic E-state index is 0.139. The van der Waals surface area contributed by atoms with Crippen molar-refractivity contribution in [3.63, 3.8) is 0 Å². The first-order valence-electron chi connectivity index (χ1n) is 6.54. The maximum atomic E-state index is 11.1. The van der Waals surface area contributed by atoms with Crippen LogP contribution in [0, 0.1) is 17.8 Å². The number of nitrogens with zero attached hydrogens (tertiary/aromatic N) is 1. The van der Waals surface area contributed by atoms with Crippen LogP contribution in [-0.2, 0) is 4.79 Å². The zero-order valence-corrected chi connectivity index (χ0v) is 10.4. The molecule has 3 nitrogen and oxygen atoms in total. The lowest BCUT2D eigenvalue weighted by Gasteiger charge is -2.33. The van der Waals surface area contributed by atoms with Gasteiger partial charge in [-0.15, -0.1) is 0 Å². The number of carboxylic acids is 1. The molecule has 1 heterocycles. The Bertz CT molecular complexity index is 259. The smallest absolute Gasteiger partial charge is 0.308 e. The van der Waals surface area contributed by atoms with Crippen LogP contribution in [0.15, 0.2) is 0 Å². The van der Waals surface area contributed by atoms with Gasteiger partial charge in [-0.2, -0.15) is 0 Å².